The number of imidazole rings is 1. The highest BCUT2D eigenvalue weighted by Gasteiger charge is 2.35. The molecule has 0 saturated heterocycles. The maximum atomic E-state index is 11.9. The molecule has 3 rings (SSSR count). The van der Waals surface area contributed by atoms with E-state index >= 15 is 0 Å². The Hall–Kier alpha value is -2.24. The van der Waals surface area contributed by atoms with Crippen LogP contribution in [0.15, 0.2) is 29.1 Å². The van der Waals surface area contributed by atoms with Crippen molar-refractivity contribution in [1.82, 2.24) is 20.2 Å². The summed E-state index contributed by atoms with van der Waals surface area (Å²) in [6.07, 6.45) is 4.05. The van der Waals surface area contributed by atoms with Crippen LogP contribution in [-0.2, 0) is 6.42 Å². The number of H-pyrrole nitrogens is 1. The predicted molar refractivity (Wildman–Crippen MR) is 64.0 cm³/mol. The number of rotatable bonds is 1. The second-order valence-corrected chi connectivity index (χ2v) is 4.18. The molecule has 1 aliphatic rings. The van der Waals surface area contributed by atoms with E-state index in [9.17, 15) is 4.79 Å². The summed E-state index contributed by atoms with van der Waals surface area (Å²) in [4.78, 5) is 21.1. The number of nitrogens with one attached hydrogen (secondary N) is 2. The third kappa shape index (κ3) is 1.57. The van der Waals surface area contributed by atoms with E-state index in [-0.39, 0.29) is 12.1 Å². The van der Waals surface area contributed by atoms with E-state index in [4.69, 9.17) is 4.42 Å². The first-order chi connectivity index (χ1) is 8.81. The summed E-state index contributed by atoms with van der Waals surface area (Å²) in [7, 11) is 1.63. The van der Waals surface area contributed by atoms with Crippen molar-refractivity contribution in [1.29, 1.82) is 0 Å². The lowest BCUT2D eigenvalue weighted by atomic mass is 10.0. The average Bonchev–Trinajstić information content (AvgIpc) is 3.07. The number of urea groups is 1. The zero-order chi connectivity index (χ0) is 12.5. The molecule has 0 fully saturated rings. The minimum atomic E-state index is -0.255. The van der Waals surface area contributed by atoms with Crippen LogP contribution < -0.4 is 5.32 Å². The first-order valence-electron chi connectivity index (χ1n) is 5.85. The van der Waals surface area contributed by atoms with Gasteiger partial charge in [-0.15, -0.1) is 0 Å². The van der Waals surface area contributed by atoms with Crippen LogP contribution in [0.3, 0.4) is 0 Å². The lowest BCUT2D eigenvalue weighted by Gasteiger charge is -2.33. The summed E-state index contributed by atoms with van der Waals surface area (Å²) in [5.41, 5.74) is 1.93. The third-order valence-electron chi connectivity index (χ3n) is 3.21. The SMILES string of the molecule is CNC(=O)N1CCc2[nH]cnc2C1c1ccco1. The molecule has 6 heteroatoms. The van der Waals surface area contributed by atoms with Gasteiger partial charge in [-0.1, -0.05) is 0 Å². The molecule has 18 heavy (non-hydrogen) atoms. The van der Waals surface area contributed by atoms with Crippen molar-refractivity contribution in [2.45, 2.75) is 12.5 Å². The topological polar surface area (TPSA) is 74.2 Å². The van der Waals surface area contributed by atoms with Crippen LogP contribution in [-0.4, -0.2) is 34.5 Å². The Balaban J connectivity index is 2.05. The molecule has 2 aromatic rings. The zero-order valence-corrected chi connectivity index (χ0v) is 10.0. The van der Waals surface area contributed by atoms with Gasteiger partial charge in [0, 0.05) is 25.7 Å². The average molecular weight is 246 g/mol. The fourth-order valence-electron chi connectivity index (χ4n) is 2.37. The summed E-state index contributed by atoms with van der Waals surface area (Å²) in [5, 5.41) is 2.66. The lowest BCUT2D eigenvalue weighted by molar-refractivity contribution is 0.172. The van der Waals surface area contributed by atoms with Crippen LogP contribution in [0.2, 0.25) is 0 Å². The van der Waals surface area contributed by atoms with Crippen molar-refractivity contribution in [2.24, 2.45) is 0 Å². The van der Waals surface area contributed by atoms with Gasteiger partial charge in [-0.2, -0.15) is 0 Å². The number of carbonyl (C=O) groups excluding carboxylic acids is 1. The standard InChI is InChI=1S/C12H14N4O2/c1-13-12(17)16-5-4-8-10(15-7-14-8)11(16)9-3-2-6-18-9/h2-3,6-7,11H,4-5H2,1H3,(H,13,17)(H,14,15). The van der Waals surface area contributed by atoms with Gasteiger partial charge in [-0.25, -0.2) is 9.78 Å². The summed E-state index contributed by atoms with van der Waals surface area (Å²) in [6.45, 7) is 0.639. The Labute approximate surface area is 104 Å². The molecule has 6 nitrogen and oxygen atoms in total. The van der Waals surface area contributed by atoms with E-state index in [0.717, 1.165) is 23.6 Å². The minimum absolute atomic E-state index is 0.120. The molecule has 2 amide bonds. The molecule has 2 N–H and O–H groups in total. The van der Waals surface area contributed by atoms with Gasteiger partial charge in [0.05, 0.1) is 18.3 Å². The molecule has 2 aromatic heterocycles. The van der Waals surface area contributed by atoms with Crippen molar-refractivity contribution < 1.29 is 9.21 Å². The fourth-order valence-corrected chi connectivity index (χ4v) is 2.37. The van der Waals surface area contributed by atoms with Crippen molar-refractivity contribution >= 4 is 6.03 Å². The van der Waals surface area contributed by atoms with E-state index in [1.807, 2.05) is 12.1 Å². The molecule has 0 saturated carbocycles. The molecule has 0 aliphatic carbocycles. The van der Waals surface area contributed by atoms with Crippen LogP contribution in [0.1, 0.15) is 23.2 Å². The smallest absolute Gasteiger partial charge is 0.318 e. The molecule has 0 spiro atoms. The van der Waals surface area contributed by atoms with E-state index < -0.39 is 0 Å². The maximum absolute atomic E-state index is 11.9. The molecular weight excluding hydrogens is 232 g/mol. The molecule has 0 aromatic carbocycles. The summed E-state index contributed by atoms with van der Waals surface area (Å²) < 4.78 is 5.45. The number of furan rings is 1. The molecule has 1 aliphatic heterocycles. The Morgan fingerprint density at radius 3 is 3.28 bits per heavy atom. The molecule has 1 atom stereocenters. The number of hydrogen-bond acceptors (Lipinski definition) is 3. The molecule has 3 heterocycles. The summed E-state index contributed by atoms with van der Waals surface area (Å²) >= 11 is 0. The van der Waals surface area contributed by atoms with E-state index in [0.29, 0.717) is 6.54 Å². The molecule has 94 valence electrons. The van der Waals surface area contributed by atoms with Gasteiger partial charge in [0.25, 0.3) is 0 Å². The van der Waals surface area contributed by atoms with E-state index in [2.05, 4.69) is 15.3 Å². The Kier molecular flexibility index (Phi) is 2.55. The summed E-state index contributed by atoms with van der Waals surface area (Å²) in [6, 6.07) is 3.31. The quantitative estimate of drug-likeness (QED) is 0.796. The van der Waals surface area contributed by atoms with Crippen molar-refractivity contribution in [3.05, 3.63) is 41.9 Å². The first-order valence-corrected chi connectivity index (χ1v) is 5.85. The number of fused-ring (bicyclic) bond motifs is 1. The van der Waals surface area contributed by atoms with Crippen molar-refractivity contribution in [3.63, 3.8) is 0 Å². The highest BCUT2D eigenvalue weighted by molar-refractivity contribution is 5.75. The Bertz CT molecular complexity index is 546. The number of carbonyl (C=O) groups is 1. The highest BCUT2D eigenvalue weighted by atomic mass is 16.3. The molecule has 1 unspecified atom stereocenters. The van der Waals surface area contributed by atoms with Crippen molar-refractivity contribution in [3.8, 4) is 0 Å². The van der Waals surface area contributed by atoms with Gasteiger partial charge in [0.15, 0.2) is 0 Å². The monoisotopic (exact) mass is 246 g/mol. The van der Waals surface area contributed by atoms with Gasteiger partial charge in [-0.3, -0.25) is 0 Å². The van der Waals surface area contributed by atoms with E-state index in [1.165, 1.54) is 0 Å². The van der Waals surface area contributed by atoms with Crippen LogP contribution in [0.5, 0.6) is 0 Å². The second kappa shape index (κ2) is 4.21. The van der Waals surface area contributed by atoms with Gasteiger partial charge in [-0.05, 0) is 12.1 Å². The summed E-state index contributed by atoms with van der Waals surface area (Å²) in [5.74, 6) is 0.728. The third-order valence-corrected chi connectivity index (χ3v) is 3.21. The lowest BCUT2D eigenvalue weighted by Crippen LogP contribution is -2.44. The highest BCUT2D eigenvalue weighted by Crippen LogP contribution is 2.33. The largest absolute Gasteiger partial charge is 0.467 e. The number of hydrogen-bond donors (Lipinski definition) is 2. The predicted octanol–water partition coefficient (Wildman–Crippen LogP) is 1.29. The van der Waals surface area contributed by atoms with Gasteiger partial charge >= 0.3 is 6.03 Å². The fraction of sp³-hybridized carbons (Fsp3) is 0.333. The van der Waals surface area contributed by atoms with Gasteiger partial charge in [0.2, 0.25) is 0 Å². The molecular formula is C12H14N4O2. The van der Waals surface area contributed by atoms with Crippen LogP contribution >= 0.6 is 0 Å². The van der Waals surface area contributed by atoms with Crippen molar-refractivity contribution in [2.75, 3.05) is 13.6 Å². The first kappa shape index (κ1) is 10.9. The van der Waals surface area contributed by atoms with Gasteiger partial charge < -0.3 is 19.6 Å². The normalized spacial score (nSPS) is 18.5. The minimum Gasteiger partial charge on any atom is -0.467 e. The Morgan fingerprint density at radius 2 is 2.56 bits per heavy atom. The van der Waals surface area contributed by atoms with Gasteiger partial charge in [0.1, 0.15) is 11.8 Å². The molecule has 0 radical (unpaired) electrons. The second-order valence-electron chi connectivity index (χ2n) is 4.18. The molecule has 0 bridgehead atoms. The number of aromatic nitrogens is 2. The van der Waals surface area contributed by atoms with Crippen LogP contribution in [0.25, 0.3) is 0 Å². The maximum Gasteiger partial charge on any atom is 0.318 e. The number of amides is 2. The van der Waals surface area contributed by atoms with Crippen LogP contribution in [0.4, 0.5) is 4.79 Å². The van der Waals surface area contributed by atoms with Crippen LogP contribution in [0, 0.1) is 0 Å². The number of nitrogens with zero attached hydrogens (tertiary/aromatic N) is 2. The zero-order valence-electron chi connectivity index (χ0n) is 10.0. The Morgan fingerprint density at radius 1 is 1.67 bits per heavy atom. The van der Waals surface area contributed by atoms with E-state index in [1.54, 1.807) is 24.5 Å². The number of aromatic amines is 1.